The van der Waals surface area contributed by atoms with Crippen LogP contribution < -0.4 is 10.7 Å². The third-order valence-corrected chi connectivity index (χ3v) is 8.83. The second kappa shape index (κ2) is 12.7. The van der Waals surface area contributed by atoms with Crippen LogP contribution >= 0.6 is 23.2 Å². The maximum absolute atomic E-state index is 14.1. The highest BCUT2D eigenvalue weighted by molar-refractivity contribution is 6.42. The molecule has 0 spiro atoms. The van der Waals surface area contributed by atoms with Crippen LogP contribution in [0.1, 0.15) is 16.7 Å². The first-order valence-electron chi connectivity index (χ1n) is 14.2. The predicted molar refractivity (Wildman–Crippen MR) is 169 cm³/mol. The van der Waals surface area contributed by atoms with E-state index in [4.69, 9.17) is 23.2 Å². The molecule has 0 saturated carbocycles. The number of carbonyl (C=O) groups is 3. The molecule has 0 radical (unpaired) electrons. The lowest BCUT2D eigenvalue weighted by Gasteiger charge is -2.44. The maximum atomic E-state index is 14.1. The van der Waals surface area contributed by atoms with Crippen molar-refractivity contribution in [2.24, 2.45) is 0 Å². The fourth-order valence-corrected chi connectivity index (χ4v) is 6.21. The SMILES string of the molecule is O=C(NCc1ccc(Cl)c(Cl)c1)NN1CC(=O)N2[C@@H]1CN(Cc1cccc3ccccc13)C(=O)[C@@H]2Cc1ccc([N+](=O)[O-])cc1. The summed E-state index contributed by atoms with van der Waals surface area (Å²) in [5.74, 6) is -0.549. The summed E-state index contributed by atoms with van der Waals surface area (Å²) in [5.41, 5.74) is 5.08. The van der Waals surface area contributed by atoms with Crippen molar-refractivity contribution in [2.75, 3.05) is 13.1 Å². The summed E-state index contributed by atoms with van der Waals surface area (Å²) in [7, 11) is 0. The van der Waals surface area contributed by atoms with Crippen LogP contribution in [0.4, 0.5) is 10.5 Å². The van der Waals surface area contributed by atoms with E-state index in [0.29, 0.717) is 22.2 Å². The van der Waals surface area contributed by atoms with E-state index in [9.17, 15) is 24.5 Å². The molecule has 4 amide bonds. The monoisotopic (exact) mass is 646 g/mol. The van der Waals surface area contributed by atoms with Gasteiger partial charge in [-0.1, -0.05) is 83.9 Å². The lowest BCUT2D eigenvalue weighted by molar-refractivity contribution is -0.384. The minimum Gasteiger partial charge on any atom is -0.333 e. The number of urea groups is 1. The van der Waals surface area contributed by atoms with Gasteiger partial charge >= 0.3 is 6.03 Å². The van der Waals surface area contributed by atoms with Gasteiger partial charge in [-0.25, -0.2) is 4.79 Å². The highest BCUT2D eigenvalue weighted by Gasteiger charge is 2.50. The Morgan fingerprint density at radius 1 is 0.933 bits per heavy atom. The third-order valence-electron chi connectivity index (χ3n) is 8.09. The average molecular weight is 648 g/mol. The van der Waals surface area contributed by atoms with Crippen molar-refractivity contribution < 1.29 is 19.3 Å². The predicted octanol–water partition coefficient (Wildman–Crippen LogP) is 4.89. The number of benzene rings is 4. The zero-order valence-corrected chi connectivity index (χ0v) is 25.4. The number of nitro groups is 1. The molecular weight excluding hydrogens is 619 g/mol. The number of amides is 4. The maximum Gasteiger partial charge on any atom is 0.329 e. The van der Waals surface area contributed by atoms with Gasteiger partial charge in [0.15, 0.2) is 0 Å². The molecule has 0 bridgehead atoms. The van der Waals surface area contributed by atoms with Gasteiger partial charge < -0.3 is 15.1 Å². The van der Waals surface area contributed by atoms with Crippen molar-refractivity contribution >= 4 is 57.5 Å². The van der Waals surface area contributed by atoms with Crippen LogP contribution in [0.2, 0.25) is 10.0 Å². The van der Waals surface area contributed by atoms with Crippen LogP contribution in [0.5, 0.6) is 0 Å². The van der Waals surface area contributed by atoms with Gasteiger partial charge in [-0.05, 0) is 39.6 Å². The summed E-state index contributed by atoms with van der Waals surface area (Å²) in [6.45, 7) is 0.509. The van der Waals surface area contributed by atoms with Crippen molar-refractivity contribution in [3.8, 4) is 0 Å². The van der Waals surface area contributed by atoms with Crippen molar-refractivity contribution in [2.45, 2.75) is 31.7 Å². The second-order valence-electron chi connectivity index (χ2n) is 11.0. The summed E-state index contributed by atoms with van der Waals surface area (Å²) in [4.78, 5) is 54.3. The van der Waals surface area contributed by atoms with Crippen LogP contribution in [0, 0.1) is 10.1 Å². The van der Waals surface area contributed by atoms with E-state index in [2.05, 4.69) is 10.7 Å². The number of nitrogens with one attached hydrogen (secondary N) is 2. The van der Waals surface area contributed by atoms with Gasteiger partial charge in [0.05, 0.1) is 28.1 Å². The number of hydrazine groups is 1. The zero-order chi connectivity index (χ0) is 31.7. The van der Waals surface area contributed by atoms with E-state index < -0.39 is 23.2 Å². The Morgan fingerprint density at radius 2 is 1.67 bits per heavy atom. The summed E-state index contributed by atoms with van der Waals surface area (Å²) >= 11 is 12.1. The number of rotatable bonds is 8. The standard InChI is InChI=1S/C32H28Cl2N6O5/c33-26-13-10-21(14-27(26)34)16-35-32(43)36-38-19-30(41)39-28(15-20-8-11-24(12-9-20)40(44)45)31(42)37(18-29(38)39)17-23-6-3-5-22-4-1-2-7-25(22)23/h1-14,28-29H,15-19H2,(H2,35,36,43)/t28-,29+/m0/s1. The van der Waals surface area contributed by atoms with Crippen LogP contribution in [0.15, 0.2) is 84.9 Å². The van der Waals surface area contributed by atoms with E-state index in [1.165, 1.54) is 22.0 Å². The number of nitro benzene ring substituents is 1. The molecule has 13 heteroatoms. The third kappa shape index (κ3) is 6.41. The van der Waals surface area contributed by atoms with Crippen LogP contribution in [-0.4, -0.2) is 62.9 Å². The molecule has 45 heavy (non-hydrogen) atoms. The Hall–Kier alpha value is -4.71. The number of fused-ring (bicyclic) bond motifs is 2. The second-order valence-corrected chi connectivity index (χ2v) is 11.8. The zero-order valence-electron chi connectivity index (χ0n) is 23.9. The molecule has 6 rings (SSSR count). The van der Waals surface area contributed by atoms with Gasteiger partial charge in [0.2, 0.25) is 11.8 Å². The Bertz CT molecular complexity index is 1800. The Kier molecular flexibility index (Phi) is 8.57. The number of nitrogens with zero attached hydrogens (tertiary/aromatic N) is 4. The number of carbonyl (C=O) groups excluding carboxylic acids is 3. The molecule has 2 aliphatic rings. The highest BCUT2D eigenvalue weighted by Crippen LogP contribution is 2.30. The van der Waals surface area contributed by atoms with Crippen molar-refractivity contribution in [1.82, 2.24) is 25.6 Å². The van der Waals surface area contributed by atoms with Crippen LogP contribution in [0.25, 0.3) is 10.8 Å². The van der Waals surface area contributed by atoms with Gasteiger partial charge in [0.1, 0.15) is 12.2 Å². The van der Waals surface area contributed by atoms with Gasteiger partial charge in [-0.3, -0.25) is 25.1 Å². The fourth-order valence-electron chi connectivity index (χ4n) is 5.89. The van der Waals surface area contributed by atoms with E-state index in [0.717, 1.165) is 21.9 Å². The van der Waals surface area contributed by atoms with Crippen molar-refractivity contribution in [3.63, 3.8) is 0 Å². The van der Waals surface area contributed by atoms with E-state index in [1.54, 1.807) is 35.2 Å². The quantitative estimate of drug-likeness (QED) is 0.207. The first-order valence-corrected chi connectivity index (χ1v) is 15.0. The van der Waals surface area contributed by atoms with Crippen molar-refractivity contribution in [3.05, 3.63) is 122 Å². The van der Waals surface area contributed by atoms with Crippen molar-refractivity contribution in [1.29, 1.82) is 0 Å². The minimum atomic E-state index is -0.876. The molecular formula is C32H28Cl2N6O5. The molecule has 2 N–H and O–H groups in total. The molecule has 0 aromatic heterocycles. The molecule has 0 aliphatic carbocycles. The fraction of sp³-hybridized carbons (Fsp3) is 0.219. The minimum absolute atomic E-state index is 0.0660. The molecule has 2 fully saturated rings. The average Bonchev–Trinajstić information content (AvgIpc) is 3.33. The number of piperazine rings is 1. The highest BCUT2D eigenvalue weighted by atomic mass is 35.5. The topological polar surface area (TPSA) is 128 Å². The Balaban J connectivity index is 1.25. The van der Waals surface area contributed by atoms with Gasteiger partial charge in [0.25, 0.3) is 5.69 Å². The summed E-state index contributed by atoms with van der Waals surface area (Å²) in [5, 5.41) is 18.3. The summed E-state index contributed by atoms with van der Waals surface area (Å²) in [6, 6.07) is 23.4. The molecule has 11 nitrogen and oxygen atoms in total. The number of hydrogen-bond acceptors (Lipinski definition) is 6. The van der Waals surface area contributed by atoms with E-state index in [-0.39, 0.29) is 43.6 Å². The normalized spacial score (nSPS) is 18.3. The molecule has 2 aliphatic heterocycles. The molecule has 4 aromatic carbocycles. The van der Waals surface area contributed by atoms with E-state index in [1.807, 2.05) is 42.5 Å². The molecule has 4 aromatic rings. The van der Waals surface area contributed by atoms with Crippen LogP contribution in [0.3, 0.4) is 0 Å². The molecule has 2 heterocycles. The smallest absolute Gasteiger partial charge is 0.329 e. The van der Waals surface area contributed by atoms with Crippen LogP contribution in [-0.2, 0) is 29.1 Å². The van der Waals surface area contributed by atoms with E-state index >= 15 is 0 Å². The number of halogens is 2. The first-order chi connectivity index (χ1) is 21.7. The first kappa shape index (κ1) is 30.3. The Labute approximate surface area is 268 Å². The van der Waals surface area contributed by atoms with Gasteiger partial charge in [0, 0.05) is 31.6 Å². The summed E-state index contributed by atoms with van der Waals surface area (Å²) in [6.07, 6.45) is -0.480. The largest absolute Gasteiger partial charge is 0.333 e. The van der Waals surface area contributed by atoms with Gasteiger partial charge in [-0.15, -0.1) is 0 Å². The number of hydrogen-bond donors (Lipinski definition) is 2. The molecule has 2 saturated heterocycles. The molecule has 0 unspecified atom stereocenters. The Morgan fingerprint density at radius 3 is 2.42 bits per heavy atom. The molecule has 230 valence electrons. The molecule has 2 atom stereocenters. The van der Waals surface area contributed by atoms with Gasteiger partial charge in [-0.2, -0.15) is 5.01 Å². The lowest BCUT2D eigenvalue weighted by atomic mass is 9.99. The summed E-state index contributed by atoms with van der Waals surface area (Å²) < 4.78 is 0. The number of non-ortho nitro benzene ring substituents is 1. The lowest BCUT2D eigenvalue weighted by Crippen LogP contribution is -2.65.